The number of ketones is 1. The van der Waals surface area contributed by atoms with Crippen molar-refractivity contribution in [3.8, 4) is 0 Å². The van der Waals surface area contributed by atoms with E-state index in [1.807, 2.05) is 18.9 Å². The van der Waals surface area contributed by atoms with Crippen molar-refractivity contribution in [3.05, 3.63) is 27.2 Å². The Morgan fingerprint density at radius 2 is 2.04 bits per heavy atom. The Kier molecular flexibility index (Phi) is 4.96. The van der Waals surface area contributed by atoms with Crippen LogP contribution in [0.2, 0.25) is 0 Å². The van der Waals surface area contributed by atoms with Gasteiger partial charge < -0.3 is 4.79 Å². The minimum atomic E-state index is -4.67. The largest absolute Gasteiger partial charge is 0.422 e. The molecule has 0 bridgehead atoms. The van der Waals surface area contributed by atoms with Crippen LogP contribution < -0.4 is 5.56 Å². The fraction of sp³-hybridized carbons (Fsp3) is 0.688. The van der Waals surface area contributed by atoms with Crippen molar-refractivity contribution in [3.63, 3.8) is 0 Å². The third-order valence-electron chi connectivity index (χ3n) is 4.94. The predicted molar refractivity (Wildman–Crippen MR) is 79.2 cm³/mol. The summed E-state index contributed by atoms with van der Waals surface area (Å²) in [6.45, 7) is 5.51. The second-order valence-electron chi connectivity index (χ2n) is 6.51. The molecule has 0 fully saturated rings. The number of Topliss-reactive ketones (excluding diaryl/α,β-unsaturated/α-hetero) is 1. The smallest absolute Gasteiger partial charge is 0.300 e. The number of halogens is 3. The molecule has 0 aliphatic heterocycles. The molecular formula is C16H21F3N2O2. The number of carbonyl (C=O) groups excluding carboxylic acids is 1. The van der Waals surface area contributed by atoms with Gasteiger partial charge >= 0.3 is 6.18 Å². The molecule has 0 radical (unpaired) electrons. The molecule has 0 spiro atoms. The molecule has 23 heavy (non-hydrogen) atoms. The molecule has 7 heteroatoms. The molecule has 1 aromatic heterocycles. The van der Waals surface area contributed by atoms with Crippen molar-refractivity contribution >= 4 is 5.78 Å². The van der Waals surface area contributed by atoms with Gasteiger partial charge in [-0.15, -0.1) is 0 Å². The zero-order valence-electron chi connectivity index (χ0n) is 13.5. The lowest BCUT2D eigenvalue weighted by molar-refractivity contribution is -0.139. The summed E-state index contributed by atoms with van der Waals surface area (Å²) < 4.78 is 39.3. The summed E-state index contributed by atoms with van der Waals surface area (Å²) in [5, 5.41) is 5.91. The van der Waals surface area contributed by atoms with Gasteiger partial charge in [-0.05, 0) is 43.6 Å². The Morgan fingerprint density at radius 3 is 2.61 bits per heavy atom. The normalized spacial score (nSPS) is 20.2. The predicted octanol–water partition coefficient (Wildman–Crippen LogP) is 3.46. The first kappa shape index (κ1) is 17.7. The second kappa shape index (κ2) is 6.45. The van der Waals surface area contributed by atoms with Gasteiger partial charge in [-0.25, -0.2) is 5.10 Å². The molecule has 1 aromatic rings. The lowest BCUT2D eigenvalue weighted by atomic mass is 9.80. The number of nitrogens with zero attached hydrogens (tertiary/aromatic N) is 1. The van der Waals surface area contributed by atoms with Crippen molar-refractivity contribution in [2.45, 2.75) is 58.5 Å². The van der Waals surface area contributed by atoms with Crippen LogP contribution in [0.1, 0.15) is 62.8 Å². The molecule has 2 rings (SSSR count). The third kappa shape index (κ3) is 3.64. The molecule has 0 saturated heterocycles. The van der Waals surface area contributed by atoms with E-state index in [9.17, 15) is 22.8 Å². The summed E-state index contributed by atoms with van der Waals surface area (Å²) in [6, 6.07) is 0. The average molecular weight is 330 g/mol. The molecule has 1 N–H and O–H groups in total. The zero-order chi connectivity index (χ0) is 17.4. The lowest BCUT2D eigenvalue weighted by Crippen LogP contribution is -2.26. The molecule has 1 aliphatic carbocycles. The zero-order valence-corrected chi connectivity index (χ0v) is 13.5. The van der Waals surface area contributed by atoms with Crippen LogP contribution in [0.5, 0.6) is 0 Å². The number of nitrogens with one attached hydrogen (secondary N) is 1. The summed E-state index contributed by atoms with van der Waals surface area (Å²) in [6.07, 6.45) is -2.72. The topological polar surface area (TPSA) is 62.8 Å². The van der Waals surface area contributed by atoms with E-state index in [0.717, 1.165) is 0 Å². The van der Waals surface area contributed by atoms with Crippen LogP contribution in [0.15, 0.2) is 4.79 Å². The Morgan fingerprint density at radius 1 is 1.39 bits per heavy atom. The molecule has 0 aromatic carbocycles. The number of hydrogen-bond donors (Lipinski definition) is 1. The first-order chi connectivity index (χ1) is 10.6. The van der Waals surface area contributed by atoms with Crippen molar-refractivity contribution in [1.82, 2.24) is 10.2 Å². The van der Waals surface area contributed by atoms with E-state index in [2.05, 4.69) is 5.10 Å². The fourth-order valence-electron chi connectivity index (χ4n) is 3.40. The van der Waals surface area contributed by atoms with E-state index in [1.165, 1.54) is 6.92 Å². The summed E-state index contributed by atoms with van der Waals surface area (Å²) >= 11 is 0. The molecule has 1 heterocycles. The summed E-state index contributed by atoms with van der Waals surface area (Å²) in [5.41, 5.74) is -1.88. The van der Waals surface area contributed by atoms with E-state index < -0.39 is 17.3 Å². The van der Waals surface area contributed by atoms with Gasteiger partial charge in [-0.3, -0.25) is 4.79 Å². The van der Waals surface area contributed by atoms with Gasteiger partial charge in [0.2, 0.25) is 0 Å². The highest BCUT2D eigenvalue weighted by Gasteiger charge is 2.42. The molecule has 0 amide bonds. The number of hydrogen-bond acceptors (Lipinski definition) is 3. The van der Waals surface area contributed by atoms with Gasteiger partial charge in [0.1, 0.15) is 11.3 Å². The fourth-order valence-corrected chi connectivity index (χ4v) is 3.40. The molecule has 3 unspecified atom stereocenters. The van der Waals surface area contributed by atoms with Crippen LogP contribution in [-0.4, -0.2) is 16.0 Å². The highest BCUT2D eigenvalue weighted by Crippen LogP contribution is 2.43. The Hall–Kier alpha value is -1.66. The molecular weight excluding hydrogens is 309 g/mol. The van der Waals surface area contributed by atoms with Gasteiger partial charge in [-0.2, -0.15) is 18.3 Å². The van der Waals surface area contributed by atoms with E-state index in [1.54, 1.807) is 0 Å². The SMILES string of the molecule is CC(=O)CCC(C)C(C)C1CCc2c1n[nH]c(=O)c2C(F)(F)F. The van der Waals surface area contributed by atoms with Crippen LogP contribution >= 0.6 is 0 Å². The maximum Gasteiger partial charge on any atom is 0.422 e. The highest BCUT2D eigenvalue weighted by molar-refractivity contribution is 5.75. The minimum Gasteiger partial charge on any atom is -0.300 e. The Bertz CT molecular complexity index is 652. The standard InChI is InChI=1S/C16H21F3N2O2/c1-8(4-5-9(2)22)10(3)11-6-7-12-13(16(17,18)19)15(23)21-20-14(11)12/h8,10-11H,4-7H2,1-3H3,(H,21,23). The van der Waals surface area contributed by atoms with Gasteiger partial charge in [0.05, 0.1) is 5.69 Å². The van der Waals surface area contributed by atoms with Crippen LogP contribution in [0.25, 0.3) is 0 Å². The first-order valence-electron chi connectivity index (χ1n) is 7.81. The van der Waals surface area contributed by atoms with Gasteiger partial charge in [0.25, 0.3) is 5.56 Å². The summed E-state index contributed by atoms with van der Waals surface area (Å²) in [7, 11) is 0. The summed E-state index contributed by atoms with van der Waals surface area (Å²) in [5.74, 6) is 0.274. The van der Waals surface area contributed by atoms with Crippen LogP contribution in [0.4, 0.5) is 13.2 Å². The van der Waals surface area contributed by atoms with Gasteiger partial charge in [0, 0.05) is 12.3 Å². The van der Waals surface area contributed by atoms with Crippen LogP contribution in [0.3, 0.4) is 0 Å². The lowest BCUT2D eigenvalue weighted by Gasteiger charge is -2.25. The van der Waals surface area contributed by atoms with Crippen LogP contribution in [0, 0.1) is 11.8 Å². The number of fused-ring (bicyclic) bond motifs is 1. The molecule has 128 valence electrons. The first-order valence-corrected chi connectivity index (χ1v) is 7.81. The van der Waals surface area contributed by atoms with Crippen molar-refractivity contribution in [2.75, 3.05) is 0 Å². The molecule has 4 nitrogen and oxygen atoms in total. The van der Waals surface area contributed by atoms with Crippen molar-refractivity contribution < 1.29 is 18.0 Å². The Balaban J connectivity index is 2.29. The summed E-state index contributed by atoms with van der Waals surface area (Å²) in [4.78, 5) is 22.6. The number of aromatic amines is 1. The molecule has 3 atom stereocenters. The quantitative estimate of drug-likeness (QED) is 0.899. The number of rotatable bonds is 5. The molecule has 0 saturated carbocycles. The maximum atomic E-state index is 13.1. The van der Waals surface area contributed by atoms with Crippen molar-refractivity contribution in [2.24, 2.45) is 11.8 Å². The van der Waals surface area contributed by atoms with E-state index >= 15 is 0 Å². The van der Waals surface area contributed by atoms with Gasteiger partial charge in [-0.1, -0.05) is 13.8 Å². The monoisotopic (exact) mass is 330 g/mol. The maximum absolute atomic E-state index is 13.1. The third-order valence-corrected chi connectivity index (χ3v) is 4.94. The van der Waals surface area contributed by atoms with Gasteiger partial charge in [0.15, 0.2) is 0 Å². The number of H-pyrrole nitrogens is 1. The second-order valence-corrected chi connectivity index (χ2v) is 6.51. The number of alkyl halides is 3. The van der Waals surface area contributed by atoms with E-state index in [0.29, 0.717) is 25.0 Å². The Labute approximate surface area is 132 Å². The minimum absolute atomic E-state index is 0.0388. The highest BCUT2D eigenvalue weighted by atomic mass is 19.4. The van der Waals surface area contributed by atoms with E-state index in [4.69, 9.17) is 0 Å². The van der Waals surface area contributed by atoms with Crippen molar-refractivity contribution in [1.29, 1.82) is 0 Å². The number of aromatic nitrogens is 2. The van der Waals surface area contributed by atoms with Crippen LogP contribution in [-0.2, 0) is 17.4 Å². The number of carbonyl (C=O) groups is 1. The average Bonchev–Trinajstić information content (AvgIpc) is 2.85. The molecule has 1 aliphatic rings. The van der Waals surface area contributed by atoms with E-state index in [-0.39, 0.29) is 35.5 Å².